The summed E-state index contributed by atoms with van der Waals surface area (Å²) in [6.07, 6.45) is 2.68. The normalized spacial score (nSPS) is 13.9. The van der Waals surface area contributed by atoms with E-state index in [9.17, 15) is 22.4 Å². The van der Waals surface area contributed by atoms with Gasteiger partial charge in [-0.3, -0.25) is 14.3 Å². The number of halogens is 1. The van der Waals surface area contributed by atoms with Gasteiger partial charge >= 0.3 is 0 Å². The molecule has 1 saturated carbocycles. The molecule has 0 spiro atoms. The van der Waals surface area contributed by atoms with Gasteiger partial charge in [-0.2, -0.15) is 0 Å². The first kappa shape index (κ1) is 29.1. The van der Waals surface area contributed by atoms with Crippen LogP contribution in [0.3, 0.4) is 0 Å². The van der Waals surface area contributed by atoms with Crippen molar-refractivity contribution in [2.24, 2.45) is 5.73 Å². The molecular formula is C34H30FN3O5S. The molecule has 224 valence electrons. The highest BCUT2D eigenvalue weighted by atomic mass is 32.2. The first-order valence-electron chi connectivity index (χ1n) is 14.0. The van der Waals surface area contributed by atoms with Crippen molar-refractivity contribution in [2.75, 3.05) is 11.0 Å². The van der Waals surface area contributed by atoms with E-state index in [1.54, 1.807) is 18.2 Å². The van der Waals surface area contributed by atoms with Gasteiger partial charge in [0.25, 0.3) is 11.8 Å². The van der Waals surface area contributed by atoms with Crippen LogP contribution in [0.15, 0.2) is 83.3 Å². The van der Waals surface area contributed by atoms with Crippen LogP contribution in [0.1, 0.15) is 50.2 Å². The Morgan fingerprint density at radius 3 is 2.23 bits per heavy atom. The van der Waals surface area contributed by atoms with Crippen molar-refractivity contribution in [1.82, 2.24) is 5.32 Å². The number of hydrogen-bond donors (Lipinski definition) is 3. The topological polar surface area (TPSA) is 132 Å². The van der Waals surface area contributed by atoms with E-state index in [1.807, 2.05) is 44.2 Å². The van der Waals surface area contributed by atoms with Gasteiger partial charge in [-0.15, -0.1) is 0 Å². The number of carbonyl (C=O) groups excluding carboxylic acids is 2. The standard InChI is InChI=1S/C34H30FN3O5S/c1-19-15-22(33(40)37-34(13-14-34)23-7-5-4-6-8-23)16-25(20(19)2)26-17-27-29(18-28(26)38-44(3,41)42)43-31(30(27)32(36)39)21-9-11-24(35)12-10-21/h4-12,15-18,38H,13-14H2,1-3H3,(H2,36,39)(H,37,40). The van der Waals surface area contributed by atoms with Crippen LogP contribution in [-0.4, -0.2) is 26.5 Å². The Bertz CT molecular complexity index is 2070. The largest absolute Gasteiger partial charge is 0.455 e. The van der Waals surface area contributed by atoms with Crippen molar-refractivity contribution in [3.63, 3.8) is 0 Å². The molecule has 0 saturated heterocycles. The minimum Gasteiger partial charge on any atom is -0.455 e. The molecule has 1 aliphatic carbocycles. The summed E-state index contributed by atoms with van der Waals surface area (Å²) >= 11 is 0. The number of hydrogen-bond acceptors (Lipinski definition) is 5. The van der Waals surface area contributed by atoms with E-state index in [-0.39, 0.29) is 28.5 Å². The average Bonchev–Trinajstić information content (AvgIpc) is 3.66. The molecular weight excluding hydrogens is 581 g/mol. The first-order chi connectivity index (χ1) is 20.8. The van der Waals surface area contributed by atoms with Crippen molar-refractivity contribution in [1.29, 1.82) is 0 Å². The minimum absolute atomic E-state index is 0.0700. The zero-order chi connectivity index (χ0) is 31.4. The molecule has 4 N–H and O–H groups in total. The van der Waals surface area contributed by atoms with E-state index in [1.165, 1.54) is 30.3 Å². The summed E-state index contributed by atoms with van der Waals surface area (Å²) in [7, 11) is -3.75. The molecule has 4 aromatic carbocycles. The molecule has 0 bridgehead atoms. The molecule has 8 nitrogen and oxygen atoms in total. The first-order valence-corrected chi connectivity index (χ1v) is 15.9. The lowest BCUT2D eigenvalue weighted by atomic mass is 9.91. The number of furan rings is 1. The molecule has 0 radical (unpaired) electrons. The van der Waals surface area contributed by atoms with E-state index in [0.717, 1.165) is 35.8 Å². The van der Waals surface area contributed by atoms with Crippen LogP contribution in [0.4, 0.5) is 10.1 Å². The van der Waals surface area contributed by atoms with Crippen LogP contribution >= 0.6 is 0 Å². The van der Waals surface area contributed by atoms with Gasteiger partial charge in [0.2, 0.25) is 10.0 Å². The van der Waals surface area contributed by atoms with Gasteiger partial charge in [-0.1, -0.05) is 30.3 Å². The molecule has 5 aromatic rings. The highest BCUT2D eigenvalue weighted by Crippen LogP contribution is 2.46. The van der Waals surface area contributed by atoms with Gasteiger partial charge in [0.05, 0.1) is 23.0 Å². The zero-order valence-electron chi connectivity index (χ0n) is 24.3. The van der Waals surface area contributed by atoms with E-state index < -0.39 is 27.3 Å². The third-order valence-electron chi connectivity index (χ3n) is 8.13. The summed E-state index contributed by atoms with van der Waals surface area (Å²) in [5, 5.41) is 3.55. The molecule has 2 amide bonds. The Morgan fingerprint density at radius 1 is 0.932 bits per heavy atom. The van der Waals surface area contributed by atoms with Crippen LogP contribution in [-0.2, 0) is 15.6 Å². The number of benzene rings is 4. The van der Waals surface area contributed by atoms with Crippen LogP contribution in [0.2, 0.25) is 0 Å². The van der Waals surface area contributed by atoms with Gasteiger partial charge in [0.15, 0.2) is 0 Å². The SMILES string of the molecule is Cc1cc(C(=O)NC2(c3ccccc3)CC2)cc(-c2cc3c(C(N)=O)c(-c4ccc(F)cc4)oc3cc2NS(C)(=O)=O)c1C. The van der Waals surface area contributed by atoms with Crippen molar-refractivity contribution in [3.8, 4) is 22.5 Å². The zero-order valence-corrected chi connectivity index (χ0v) is 25.1. The van der Waals surface area contributed by atoms with Crippen LogP contribution in [0, 0.1) is 19.7 Å². The summed E-state index contributed by atoms with van der Waals surface area (Å²) in [5.41, 5.74) is 10.4. The van der Waals surface area contributed by atoms with Gasteiger partial charge in [-0.25, -0.2) is 12.8 Å². The highest BCUT2D eigenvalue weighted by Gasteiger charge is 2.45. The van der Waals surface area contributed by atoms with E-state index in [2.05, 4.69) is 10.0 Å². The van der Waals surface area contributed by atoms with E-state index in [4.69, 9.17) is 10.2 Å². The Balaban J connectivity index is 1.52. The molecule has 0 unspecified atom stereocenters. The number of amides is 2. The number of carbonyl (C=O) groups is 2. The molecule has 1 aromatic heterocycles. The monoisotopic (exact) mass is 611 g/mol. The van der Waals surface area contributed by atoms with Gasteiger partial charge in [-0.05, 0) is 91.4 Å². The van der Waals surface area contributed by atoms with Gasteiger partial charge in [0, 0.05) is 28.1 Å². The molecule has 6 rings (SSSR count). The number of rotatable bonds is 8. The van der Waals surface area contributed by atoms with Crippen molar-refractivity contribution < 1.29 is 26.8 Å². The molecule has 1 heterocycles. The predicted molar refractivity (Wildman–Crippen MR) is 168 cm³/mol. The van der Waals surface area contributed by atoms with Crippen LogP contribution < -0.4 is 15.8 Å². The number of aryl methyl sites for hydroxylation is 1. The van der Waals surface area contributed by atoms with Crippen LogP contribution in [0.5, 0.6) is 0 Å². The second-order valence-corrected chi connectivity index (χ2v) is 13.1. The summed E-state index contributed by atoms with van der Waals surface area (Å²) in [4.78, 5) is 26.4. The average molecular weight is 612 g/mol. The predicted octanol–water partition coefficient (Wildman–Crippen LogP) is 6.41. The number of primary amides is 1. The maximum Gasteiger partial charge on any atom is 0.253 e. The molecule has 10 heteroatoms. The van der Waals surface area contributed by atoms with E-state index >= 15 is 0 Å². The maximum absolute atomic E-state index is 13.6. The van der Waals surface area contributed by atoms with Crippen LogP contribution in [0.25, 0.3) is 33.4 Å². The third-order valence-corrected chi connectivity index (χ3v) is 8.72. The summed E-state index contributed by atoms with van der Waals surface area (Å²) < 4.78 is 47.2. The third kappa shape index (κ3) is 5.44. The maximum atomic E-state index is 13.6. The quantitative estimate of drug-likeness (QED) is 0.187. The number of nitrogens with two attached hydrogens (primary N) is 1. The second kappa shape index (κ2) is 10.6. The number of sulfonamides is 1. The Morgan fingerprint density at radius 2 is 1.61 bits per heavy atom. The fourth-order valence-electron chi connectivity index (χ4n) is 5.63. The fourth-order valence-corrected chi connectivity index (χ4v) is 6.20. The van der Waals surface area contributed by atoms with E-state index in [0.29, 0.717) is 27.6 Å². The highest BCUT2D eigenvalue weighted by molar-refractivity contribution is 7.92. The fraction of sp³-hybridized carbons (Fsp3) is 0.176. The number of nitrogens with one attached hydrogen (secondary N) is 2. The summed E-state index contributed by atoms with van der Waals surface area (Å²) in [6.45, 7) is 3.75. The van der Waals surface area contributed by atoms with Crippen molar-refractivity contribution in [3.05, 3.63) is 112 Å². The second-order valence-electron chi connectivity index (χ2n) is 11.3. The lowest BCUT2D eigenvalue weighted by Gasteiger charge is -2.20. The Hall–Kier alpha value is -4.96. The van der Waals surface area contributed by atoms with Crippen molar-refractivity contribution in [2.45, 2.75) is 32.2 Å². The Labute approximate surface area is 254 Å². The smallest absolute Gasteiger partial charge is 0.253 e. The van der Waals surface area contributed by atoms with Crippen molar-refractivity contribution >= 4 is 38.5 Å². The number of anilines is 1. The lowest BCUT2D eigenvalue weighted by molar-refractivity contribution is 0.0929. The number of fused-ring (bicyclic) bond motifs is 1. The van der Waals surface area contributed by atoms with Gasteiger partial charge in [0.1, 0.15) is 17.2 Å². The molecule has 0 atom stereocenters. The molecule has 0 aliphatic heterocycles. The van der Waals surface area contributed by atoms with Gasteiger partial charge < -0.3 is 15.5 Å². The molecule has 1 fully saturated rings. The minimum atomic E-state index is -3.75. The summed E-state index contributed by atoms with van der Waals surface area (Å²) in [5.74, 6) is -1.35. The lowest BCUT2D eigenvalue weighted by Crippen LogP contribution is -2.34. The molecule has 44 heavy (non-hydrogen) atoms. The molecule has 1 aliphatic rings. The Kier molecular flexibility index (Phi) is 7.04. The summed E-state index contributed by atoms with van der Waals surface area (Å²) in [6, 6.07) is 21.9.